The Morgan fingerprint density at radius 3 is 2.67 bits per heavy atom. The van der Waals surface area contributed by atoms with E-state index >= 15 is 0 Å². The van der Waals surface area contributed by atoms with Crippen molar-refractivity contribution < 1.29 is 15.0 Å². The van der Waals surface area contributed by atoms with E-state index in [-0.39, 0.29) is 12.0 Å². The first kappa shape index (κ1) is 17.9. The molecule has 0 spiro atoms. The number of aromatic hydroxyl groups is 1. The van der Waals surface area contributed by atoms with Gasteiger partial charge in [-0.2, -0.15) is 0 Å². The topological polar surface area (TPSA) is 153 Å². The Balaban J connectivity index is 2.01. The van der Waals surface area contributed by atoms with Crippen molar-refractivity contribution in [3.63, 3.8) is 0 Å². The molecule has 4 N–H and O–H groups in total. The number of carboxylic acid groups (broad SMARTS) is 1. The molecule has 0 amide bonds. The number of aromatic nitrogens is 4. The molecule has 0 saturated heterocycles. The van der Waals surface area contributed by atoms with E-state index in [1.54, 1.807) is 30.3 Å². The van der Waals surface area contributed by atoms with Crippen molar-refractivity contribution in [3.05, 3.63) is 75.0 Å². The minimum atomic E-state index is -1.21. The summed E-state index contributed by atoms with van der Waals surface area (Å²) < 4.78 is 0.896. The number of carboxylic acids is 1. The first-order valence-corrected chi connectivity index (χ1v) is 7.84. The van der Waals surface area contributed by atoms with Crippen LogP contribution in [0.25, 0.3) is 5.69 Å². The van der Waals surface area contributed by atoms with Gasteiger partial charge in [-0.3, -0.25) is 14.8 Å². The maximum Gasteiger partial charge on any atom is 0.335 e. The zero-order chi connectivity index (χ0) is 19.4. The van der Waals surface area contributed by atoms with Gasteiger partial charge in [-0.15, -0.1) is 0 Å². The van der Waals surface area contributed by atoms with E-state index in [1.165, 1.54) is 12.5 Å². The lowest BCUT2D eigenvalue weighted by Gasteiger charge is -2.10. The Labute approximate surface area is 151 Å². The Morgan fingerprint density at radius 1 is 1.30 bits per heavy atom. The summed E-state index contributed by atoms with van der Waals surface area (Å²) >= 11 is 0. The van der Waals surface area contributed by atoms with Gasteiger partial charge in [0.05, 0.1) is 12.0 Å². The predicted octanol–water partition coefficient (Wildman–Crippen LogP) is 0.0693. The van der Waals surface area contributed by atoms with Crippen LogP contribution in [-0.4, -0.2) is 48.0 Å². The van der Waals surface area contributed by atoms with Crippen LogP contribution >= 0.6 is 0 Å². The fourth-order valence-corrected chi connectivity index (χ4v) is 2.44. The second-order valence-electron chi connectivity index (χ2n) is 5.58. The van der Waals surface area contributed by atoms with Gasteiger partial charge in [-0.05, 0) is 12.1 Å². The first-order valence-electron chi connectivity index (χ1n) is 7.84. The van der Waals surface area contributed by atoms with Crippen molar-refractivity contribution in [2.75, 3.05) is 0 Å². The number of carbonyl (C=O) groups is 1. The number of imidazole rings is 1. The average molecular weight is 369 g/mol. The molecule has 0 fully saturated rings. The zero-order valence-electron chi connectivity index (χ0n) is 13.9. The number of nitrogens with one attached hydrogen (secondary N) is 2. The van der Waals surface area contributed by atoms with Crippen LogP contribution in [-0.2, 0) is 11.2 Å². The number of aliphatic carboxylic acids is 1. The fourth-order valence-electron chi connectivity index (χ4n) is 2.44. The number of aliphatic imine (C=N–C) groups is 1. The monoisotopic (exact) mass is 369 g/mol. The highest BCUT2D eigenvalue weighted by Gasteiger charge is 2.19. The maximum atomic E-state index is 12.1. The number of hydrogen-bond donors (Lipinski definition) is 4. The standard InChI is InChI=1S/C17H15N5O5/c23-14-12(8-19-13(16(25)26)6-10-7-18-9-20-10)15(24)22(17(27)21-14)11-4-2-1-3-5-11/h1-5,7-9,13,24H,6H2,(H,18,20)(H,25,26)(H,21,23,27)/t13-/m1/s1. The molecule has 2 heterocycles. The van der Waals surface area contributed by atoms with Gasteiger partial charge in [-0.1, -0.05) is 18.2 Å². The van der Waals surface area contributed by atoms with Crippen LogP contribution in [0.1, 0.15) is 11.3 Å². The highest BCUT2D eigenvalue weighted by molar-refractivity contribution is 5.85. The second-order valence-corrected chi connectivity index (χ2v) is 5.58. The van der Waals surface area contributed by atoms with Crippen molar-refractivity contribution in [3.8, 4) is 11.6 Å². The molecular weight excluding hydrogens is 354 g/mol. The van der Waals surface area contributed by atoms with Gasteiger partial charge in [0.15, 0.2) is 6.04 Å². The quantitative estimate of drug-likeness (QED) is 0.451. The normalized spacial score (nSPS) is 12.3. The maximum absolute atomic E-state index is 12.1. The smallest absolute Gasteiger partial charge is 0.335 e. The molecule has 0 saturated carbocycles. The lowest BCUT2D eigenvalue weighted by atomic mass is 10.2. The van der Waals surface area contributed by atoms with Crippen molar-refractivity contribution >= 4 is 12.2 Å². The van der Waals surface area contributed by atoms with E-state index in [9.17, 15) is 24.6 Å². The molecule has 3 rings (SSSR count). The minimum Gasteiger partial charge on any atom is -0.493 e. The molecule has 138 valence electrons. The van der Waals surface area contributed by atoms with E-state index in [4.69, 9.17) is 0 Å². The van der Waals surface area contributed by atoms with Gasteiger partial charge >= 0.3 is 11.7 Å². The van der Waals surface area contributed by atoms with E-state index < -0.39 is 29.1 Å². The third-order valence-electron chi connectivity index (χ3n) is 3.77. The molecule has 1 atom stereocenters. The van der Waals surface area contributed by atoms with Crippen LogP contribution in [0.5, 0.6) is 5.88 Å². The molecule has 2 aromatic heterocycles. The minimum absolute atomic E-state index is 0.0167. The molecule has 1 aromatic carbocycles. The van der Waals surface area contributed by atoms with Crippen molar-refractivity contribution in [1.29, 1.82) is 0 Å². The largest absolute Gasteiger partial charge is 0.493 e. The van der Waals surface area contributed by atoms with E-state index in [1.807, 2.05) is 0 Å². The summed E-state index contributed by atoms with van der Waals surface area (Å²) in [4.78, 5) is 48.1. The fraction of sp³-hybridized carbons (Fsp3) is 0.118. The van der Waals surface area contributed by atoms with Crippen LogP contribution in [0.3, 0.4) is 0 Å². The van der Waals surface area contributed by atoms with Crippen molar-refractivity contribution in [2.45, 2.75) is 12.5 Å². The first-order chi connectivity index (χ1) is 13.0. The molecule has 0 aliphatic carbocycles. The summed E-state index contributed by atoms with van der Waals surface area (Å²) in [5.41, 5.74) is -1.15. The molecule has 0 radical (unpaired) electrons. The molecule has 0 bridgehead atoms. The molecular formula is C17H15N5O5. The number of aromatic amines is 2. The highest BCUT2D eigenvalue weighted by Crippen LogP contribution is 2.15. The van der Waals surface area contributed by atoms with Crippen LogP contribution in [0.2, 0.25) is 0 Å². The molecule has 0 aliphatic heterocycles. The van der Waals surface area contributed by atoms with Gasteiger partial charge in [0.25, 0.3) is 5.56 Å². The summed E-state index contributed by atoms with van der Waals surface area (Å²) in [5.74, 6) is -1.85. The number of para-hydroxylation sites is 1. The van der Waals surface area contributed by atoms with Crippen molar-refractivity contribution in [2.24, 2.45) is 4.99 Å². The molecule has 10 heteroatoms. The average Bonchev–Trinajstić information content (AvgIpc) is 3.14. The highest BCUT2D eigenvalue weighted by atomic mass is 16.4. The second kappa shape index (κ2) is 7.52. The Bertz CT molecular complexity index is 1080. The molecule has 0 unspecified atom stereocenters. The van der Waals surface area contributed by atoms with E-state index in [0.29, 0.717) is 11.4 Å². The van der Waals surface area contributed by atoms with Gasteiger partial charge in [-0.25, -0.2) is 19.1 Å². The third-order valence-corrected chi connectivity index (χ3v) is 3.77. The van der Waals surface area contributed by atoms with Crippen LogP contribution in [0.4, 0.5) is 0 Å². The number of nitrogens with zero attached hydrogens (tertiary/aromatic N) is 3. The summed E-state index contributed by atoms with van der Waals surface area (Å²) in [5, 5.41) is 19.7. The summed E-state index contributed by atoms with van der Waals surface area (Å²) in [6.07, 6.45) is 3.83. The van der Waals surface area contributed by atoms with Gasteiger partial charge in [0.1, 0.15) is 5.56 Å². The van der Waals surface area contributed by atoms with Gasteiger partial charge in [0, 0.05) is 24.5 Å². The Morgan fingerprint density at radius 2 is 2.04 bits per heavy atom. The lowest BCUT2D eigenvalue weighted by molar-refractivity contribution is -0.138. The van der Waals surface area contributed by atoms with Crippen LogP contribution in [0, 0.1) is 0 Å². The van der Waals surface area contributed by atoms with Gasteiger partial charge < -0.3 is 15.2 Å². The molecule has 3 aromatic rings. The number of rotatable bonds is 6. The third kappa shape index (κ3) is 3.84. The van der Waals surface area contributed by atoms with Crippen LogP contribution < -0.4 is 11.2 Å². The molecule has 27 heavy (non-hydrogen) atoms. The van der Waals surface area contributed by atoms with E-state index in [2.05, 4.69) is 19.9 Å². The summed E-state index contributed by atoms with van der Waals surface area (Å²) in [6.45, 7) is 0. The Kier molecular flexibility index (Phi) is 4.97. The van der Waals surface area contributed by atoms with Crippen molar-refractivity contribution in [1.82, 2.24) is 19.5 Å². The van der Waals surface area contributed by atoms with Crippen LogP contribution in [0.15, 0.2) is 57.4 Å². The lowest BCUT2D eigenvalue weighted by Crippen LogP contribution is -2.31. The molecule has 10 nitrogen and oxygen atoms in total. The predicted molar refractivity (Wildman–Crippen MR) is 95.6 cm³/mol. The molecule has 0 aliphatic rings. The zero-order valence-corrected chi connectivity index (χ0v) is 13.9. The number of H-pyrrole nitrogens is 2. The number of hydrogen-bond acceptors (Lipinski definition) is 6. The van der Waals surface area contributed by atoms with E-state index in [0.717, 1.165) is 10.8 Å². The summed E-state index contributed by atoms with van der Waals surface area (Å²) in [6, 6.07) is 6.97. The SMILES string of the molecule is O=C(O)[C@@H](Cc1cnc[nH]1)N=Cc1c(O)n(-c2ccccc2)c(=O)[nH]c1=O. The van der Waals surface area contributed by atoms with Gasteiger partial charge in [0.2, 0.25) is 5.88 Å². The number of benzene rings is 1. The summed E-state index contributed by atoms with van der Waals surface area (Å²) in [7, 11) is 0. The Hall–Kier alpha value is -3.95.